The van der Waals surface area contributed by atoms with Crippen molar-refractivity contribution in [1.29, 1.82) is 0 Å². The summed E-state index contributed by atoms with van der Waals surface area (Å²) in [6.45, 7) is -0.387. The minimum Gasteiger partial charge on any atom is -0.454 e. The lowest BCUT2D eigenvalue weighted by Crippen LogP contribution is -2.15. The number of nitrogens with zero attached hydrogens (tertiary/aromatic N) is 1. The molecule has 8 heteroatoms. The van der Waals surface area contributed by atoms with Gasteiger partial charge in [0.05, 0.1) is 4.21 Å². The van der Waals surface area contributed by atoms with Gasteiger partial charge in [0.1, 0.15) is 16.4 Å². The number of benzene rings is 1. The Morgan fingerprint density at radius 1 is 1.23 bits per heavy atom. The molecule has 4 nitrogen and oxygen atoms in total. The van der Waals surface area contributed by atoms with Crippen molar-refractivity contribution < 1.29 is 18.7 Å². The fraction of sp³-hybridized carbons (Fsp3) is 0.214. The molecular weight excluding hydrogens is 345 g/mol. The van der Waals surface area contributed by atoms with Crippen molar-refractivity contribution in [3.05, 3.63) is 41.2 Å². The van der Waals surface area contributed by atoms with E-state index in [4.69, 9.17) is 4.74 Å². The van der Waals surface area contributed by atoms with Gasteiger partial charge in [-0.1, -0.05) is 0 Å². The number of aromatic nitrogens is 1. The number of thioether (sulfide) groups is 2. The molecule has 0 unspecified atom stereocenters. The van der Waals surface area contributed by atoms with Crippen LogP contribution in [0.15, 0.2) is 33.5 Å². The summed E-state index contributed by atoms with van der Waals surface area (Å²) in [4.78, 5) is 24.1. The molecule has 0 spiro atoms. The number of halogens is 1. The highest BCUT2D eigenvalue weighted by molar-refractivity contribution is 8.01. The first kappa shape index (κ1) is 17.0. The minimum atomic E-state index is -0.571. The molecule has 1 heterocycles. The summed E-state index contributed by atoms with van der Waals surface area (Å²) in [6, 6.07) is 5.10. The molecule has 0 amide bonds. The largest absolute Gasteiger partial charge is 0.454 e. The van der Waals surface area contributed by atoms with Gasteiger partial charge in [-0.05, 0) is 48.3 Å². The first-order valence-corrected chi connectivity index (χ1v) is 9.32. The Bertz CT molecular complexity index is 664. The van der Waals surface area contributed by atoms with E-state index >= 15 is 0 Å². The molecule has 0 N–H and O–H groups in total. The molecule has 0 aliphatic heterocycles. The van der Waals surface area contributed by atoms with Crippen molar-refractivity contribution in [1.82, 2.24) is 4.37 Å². The predicted octanol–water partition coefficient (Wildman–Crippen LogP) is 3.77. The van der Waals surface area contributed by atoms with E-state index < -0.39 is 11.8 Å². The maximum absolute atomic E-state index is 12.8. The highest BCUT2D eigenvalue weighted by Crippen LogP contribution is 2.33. The summed E-state index contributed by atoms with van der Waals surface area (Å²) in [5, 5.41) is 0.591. The van der Waals surface area contributed by atoms with Crippen LogP contribution in [0.25, 0.3) is 0 Å². The van der Waals surface area contributed by atoms with Gasteiger partial charge in [-0.15, -0.1) is 23.5 Å². The van der Waals surface area contributed by atoms with Gasteiger partial charge in [0.15, 0.2) is 12.4 Å². The Kier molecular flexibility index (Phi) is 5.98. The van der Waals surface area contributed by atoms with Gasteiger partial charge in [0, 0.05) is 5.56 Å². The van der Waals surface area contributed by atoms with Crippen LogP contribution < -0.4 is 0 Å². The average molecular weight is 357 g/mol. The number of carbonyl (C=O) groups excluding carboxylic acids is 2. The molecule has 0 aliphatic carbocycles. The van der Waals surface area contributed by atoms with Gasteiger partial charge in [-0.3, -0.25) is 4.79 Å². The minimum absolute atomic E-state index is 0.299. The molecule has 0 bridgehead atoms. The summed E-state index contributed by atoms with van der Waals surface area (Å²) in [6.07, 6.45) is 3.66. The molecule has 1 aromatic carbocycles. The van der Waals surface area contributed by atoms with Crippen LogP contribution in [-0.2, 0) is 4.74 Å². The second-order valence-electron chi connectivity index (χ2n) is 4.06. The normalized spacial score (nSPS) is 10.5. The fourth-order valence-electron chi connectivity index (χ4n) is 1.63. The van der Waals surface area contributed by atoms with Crippen molar-refractivity contribution >= 4 is 46.8 Å². The molecule has 2 aromatic rings. The molecule has 22 heavy (non-hydrogen) atoms. The van der Waals surface area contributed by atoms with Crippen LogP contribution in [0.5, 0.6) is 0 Å². The number of carbonyl (C=O) groups is 2. The lowest BCUT2D eigenvalue weighted by molar-refractivity contribution is 0.0468. The van der Waals surface area contributed by atoms with Crippen LogP contribution in [0.3, 0.4) is 0 Å². The zero-order valence-corrected chi connectivity index (χ0v) is 14.2. The average Bonchev–Trinajstić information content (AvgIpc) is 2.96. The van der Waals surface area contributed by atoms with Crippen LogP contribution in [0, 0.1) is 5.82 Å². The standard InChI is InChI=1S/C14H12FNO3S3/c1-20-12-11(14(21-2)22-16-12)13(18)19-7-10(17)8-3-5-9(15)6-4-8/h3-6H,7H2,1-2H3. The van der Waals surface area contributed by atoms with Gasteiger partial charge in [-0.25, -0.2) is 9.18 Å². The Morgan fingerprint density at radius 2 is 1.91 bits per heavy atom. The number of hydrogen-bond donors (Lipinski definition) is 0. The monoisotopic (exact) mass is 357 g/mol. The van der Waals surface area contributed by atoms with Gasteiger partial charge in [0.2, 0.25) is 0 Å². The summed E-state index contributed by atoms with van der Waals surface area (Å²) < 4.78 is 22.8. The SMILES string of the molecule is CSc1nsc(SC)c1C(=O)OCC(=O)c1ccc(F)cc1. The lowest BCUT2D eigenvalue weighted by Gasteiger charge is -2.05. The molecule has 0 saturated heterocycles. The topological polar surface area (TPSA) is 56.3 Å². The van der Waals surface area contributed by atoms with Gasteiger partial charge < -0.3 is 4.74 Å². The van der Waals surface area contributed by atoms with Crippen molar-refractivity contribution in [2.24, 2.45) is 0 Å². The van der Waals surface area contributed by atoms with E-state index in [1.54, 1.807) is 0 Å². The van der Waals surface area contributed by atoms with Crippen molar-refractivity contribution in [2.45, 2.75) is 9.24 Å². The third kappa shape index (κ3) is 3.88. The molecule has 0 saturated carbocycles. The van der Waals surface area contributed by atoms with E-state index in [2.05, 4.69) is 4.37 Å². The van der Waals surface area contributed by atoms with Crippen LogP contribution in [-0.4, -0.2) is 35.2 Å². The first-order chi connectivity index (χ1) is 10.6. The number of hydrogen-bond acceptors (Lipinski definition) is 7. The molecule has 0 aliphatic rings. The highest BCUT2D eigenvalue weighted by atomic mass is 32.2. The Morgan fingerprint density at radius 3 is 2.50 bits per heavy atom. The summed E-state index contributed by atoms with van der Waals surface area (Å²) in [7, 11) is 0. The zero-order chi connectivity index (χ0) is 16.1. The number of Topliss-reactive ketones (excluding diaryl/α,β-unsaturated/α-hetero) is 1. The molecule has 116 valence electrons. The summed E-state index contributed by atoms with van der Waals surface area (Å²) in [5.74, 6) is -1.38. The quantitative estimate of drug-likeness (QED) is 0.446. The molecule has 0 fully saturated rings. The van der Waals surface area contributed by atoms with E-state index in [0.717, 1.165) is 4.21 Å². The van der Waals surface area contributed by atoms with Crippen LogP contribution >= 0.6 is 35.1 Å². The van der Waals surface area contributed by atoms with E-state index in [-0.39, 0.29) is 12.4 Å². The summed E-state index contributed by atoms with van der Waals surface area (Å²) in [5.41, 5.74) is 0.699. The fourth-order valence-corrected chi connectivity index (χ4v) is 3.88. The van der Waals surface area contributed by atoms with Crippen LogP contribution in [0.2, 0.25) is 0 Å². The molecule has 0 atom stereocenters. The van der Waals surface area contributed by atoms with Crippen LogP contribution in [0.4, 0.5) is 4.39 Å². The van der Waals surface area contributed by atoms with E-state index in [1.807, 2.05) is 12.5 Å². The zero-order valence-electron chi connectivity index (χ0n) is 11.8. The third-order valence-electron chi connectivity index (χ3n) is 2.71. The lowest BCUT2D eigenvalue weighted by atomic mass is 10.1. The van der Waals surface area contributed by atoms with Crippen molar-refractivity contribution in [3.8, 4) is 0 Å². The Hall–Kier alpha value is -1.38. The highest BCUT2D eigenvalue weighted by Gasteiger charge is 2.22. The van der Waals surface area contributed by atoms with Crippen molar-refractivity contribution in [2.75, 3.05) is 19.1 Å². The third-order valence-corrected chi connectivity index (χ3v) is 5.45. The maximum atomic E-state index is 12.8. The first-order valence-electron chi connectivity index (χ1n) is 6.10. The molecule has 0 radical (unpaired) electrons. The predicted molar refractivity (Wildman–Crippen MR) is 86.7 cm³/mol. The van der Waals surface area contributed by atoms with Crippen molar-refractivity contribution in [3.63, 3.8) is 0 Å². The maximum Gasteiger partial charge on any atom is 0.343 e. The van der Waals surface area contributed by atoms with E-state index in [9.17, 15) is 14.0 Å². The number of ketones is 1. The second-order valence-corrected chi connectivity index (χ2v) is 6.71. The molecular formula is C14H12FNO3S3. The van der Waals surface area contributed by atoms with Gasteiger partial charge in [0.25, 0.3) is 0 Å². The van der Waals surface area contributed by atoms with E-state index in [1.165, 1.54) is 59.3 Å². The van der Waals surface area contributed by atoms with E-state index in [0.29, 0.717) is 16.2 Å². The molecule has 1 aromatic heterocycles. The Labute approximate surface area is 139 Å². The second kappa shape index (κ2) is 7.75. The summed E-state index contributed by atoms with van der Waals surface area (Å²) >= 11 is 3.98. The number of rotatable bonds is 6. The Balaban J connectivity index is 2.05. The number of esters is 1. The van der Waals surface area contributed by atoms with Crippen LogP contribution in [0.1, 0.15) is 20.7 Å². The number of ether oxygens (including phenoxy) is 1. The van der Waals surface area contributed by atoms with Gasteiger partial charge >= 0.3 is 5.97 Å². The van der Waals surface area contributed by atoms with Gasteiger partial charge in [-0.2, -0.15) is 4.37 Å². The smallest absolute Gasteiger partial charge is 0.343 e. The molecule has 2 rings (SSSR count).